The number of anilines is 1. The molecule has 3 aliphatic carbocycles. The van der Waals surface area contributed by atoms with E-state index in [9.17, 15) is 13.8 Å². The molecule has 2 fully saturated rings. The minimum absolute atomic E-state index is 0.00147. The normalized spacial score (nSPS) is 32.6. The molecular weight excluding hydrogens is 621 g/mol. The van der Waals surface area contributed by atoms with Gasteiger partial charge in [-0.05, 0) is 105 Å². The molecule has 2 aromatic carbocycles. The number of hydrogen-bond donors (Lipinski definition) is 0. The molecule has 258 valence electrons. The Morgan fingerprint density at radius 3 is 2.77 bits per heavy atom. The van der Waals surface area contributed by atoms with E-state index in [0.717, 1.165) is 63.1 Å². The van der Waals surface area contributed by atoms with Crippen molar-refractivity contribution in [1.29, 1.82) is 0 Å². The number of rotatable bonds is 6. The van der Waals surface area contributed by atoms with Crippen LogP contribution in [-0.2, 0) is 31.1 Å². The molecule has 2 aliphatic heterocycles. The SMILES string of the molecule is CO[C@H]1/C=C/C[C@H](C)C[S@@](=O)(CC(=O)CCC2CC2)=NC(=O)c2ccc3c(c2)N(C[C@@H]2CC[C@H]21)C[C@@]1(CCCc2cc(C)ccc21)CO3. The average molecular weight is 673 g/mol. The van der Waals surface area contributed by atoms with E-state index in [1.54, 1.807) is 13.2 Å². The molecule has 2 bridgehead atoms. The van der Waals surface area contributed by atoms with Crippen molar-refractivity contribution in [2.75, 3.05) is 43.2 Å². The van der Waals surface area contributed by atoms with E-state index in [1.165, 1.54) is 29.5 Å². The number of amides is 1. The van der Waals surface area contributed by atoms with E-state index in [-0.39, 0.29) is 34.7 Å². The number of methoxy groups -OCH3 is 1. The topological polar surface area (TPSA) is 85.3 Å². The highest BCUT2D eigenvalue weighted by Crippen LogP contribution is 2.47. The number of carbonyl (C=O) groups is 2. The minimum Gasteiger partial charge on any atom is -0.490 e. The molecule has 0 aromatic heterocycles. The quantitative estimate of drug-likeness (QED) is 0.296. The first-order chi connectivity index (χ1) is 23.1. The summed E-state index contributed by atoms with van der Waals surface area (Å²) in [5.41, 5.74) is 5.22. The Kier molecular flexibility index (Phi) is 9.60. The summed E-state index contributed by atoms with van der Waals surface area (Å²) in [5, 5.41) is 0. The fourth-order valence-electron chi connectivity index (χ4n) is 8.73. The largest absolute Gasteiger partial charge is 0.490 e. The number of carbonyl (C=O) groups excluding carboxylic acids is 2. The lowest BCUT2D eigenvalue weighted by atomic mass is 9.68. The predicted molar refractivity (Wildman–Crippen MR) is 191 cm³/mol. The van der Waals surface area contributed by atoms with Gasteiger partial charge in [0.25, 0.3) is 5.91 Å². The summed E-state index contributed by atoms with van der Waals surface area (Å²) in [4.78, 5) is 29.5. The third-order valence-electron chi connectivity index (χ3n) is 11.7. The Bertz CT molecular complexity index is 1700. The van der Waals surface area contributed by atoms with Gasteiger partial charge in [-0.2, -0.15) is 4.36 Å². The lowest BCUT2D eigenvalue weighted by Crippen LogP contribution is -2.49. The van der Waals surface area contributed by atoms with Gasteiger partial charge in [-0.1, -0.05) is 55.7 Å². The van der Waals surface area contributed by atoms with Crippen molar-refractivity contribution in [1.82, 2.24) is 0 Å². The number of benzene rings is 2. The van der Waals surface area contributed by atoms with Crippen LogP contribution in [0, 0.1) is 30.6 Å². The van der Waals surface area contributed by atoms with Crippen LogP contribution in [0.3, 0.4) is 0 Å². The first kappa shape index (κ1) is 33.5. The van der Waals surface area contributed by atoms with Crippen LogP contribution in [0.5, 0.6) is 5.75 Å². The fraction of sp³-hybridized carbons (Fsp3) is 0.600. The minimum atomic E-state index is -3.10. The summed E-state index contributed by atoms with van der Waals surface area (Å²) in [6.07, 6.45) is 14.1. The Hall–Kier alpha value is -2.97. The Balaban J connectivity index is 1.28. The molecule has 6 atom stereocenters. The number of aryl methyl sites for hydroxylation is 2. The van der Waals surface area contributed by atoms with E-state index in [0.29, 0.717) is 42.8 Å². The molecule has 2 heterocycles. The van der Waals surface area contributed by atoms with Crippen LogP contribution < -0.4 is 9.64 Å². The molecule has 48 heavy (non-hydrogen) atoms. The van der Waals surface area contributed by atoms with Crippen LogP contribution in [-0.4, -0.2) is 60.3 Å². The number of hydrogen-bond acceptors (Lipinski definition) is 6. The summed E-state index contributed by atoms with van der Waals surface area (Å²) >= 11 is 0. The summed E-state index contributed by atoms with van der Waals surface area (Å²) in [6.45, 7) is 6.42. The average Bonchev–Trinajstić information content (AvgIpc) is 3.88. The third-order valence-corrected chi connectivity index (χ3v) is 14.0. The number of ether oxygens (including phenoxy) is 2. The van der Waals surface area contributed by atoms with Crippen molar-refractivity contribution in [2.45, 2.75) is 89.6 Å². The highest BCUT2D eigenvalue weighted by Gasteiger charge is 2.44. The van der Waals surface area contributed by atoms with E-state index >= 15 is 0 Å². The van der Waals surface area contributed by atoms with Gasteiger partial charge in [-0.25, -0.2) is 4.21 Å². The van der Waals surface area contributed by atoms with Gasteiger partial charge in [0.05, 0.1) is 33.9 Å². The smallest absolute Gasteiger partial charge is 0.285 e. The van der Waals surface area contributed by atoms with Crippen molar-refractivity contribution in [3.05, 3.63) is 70.8 Å². The van der Waals surface area contributed by atoms with Gasteiger partial charge in [-0.3, -0.25) is 9.59 Å². The van der Waals surface area contributed by atoms with E-state index < -0.39 is 15.6 Å². The van der Waals surface area contributed by atoms with Gasteiger partial charge >= 0.3 is 0 Å². The Morgan fingerprint density at radius 1 is 1.15 bits per heavy atom. The van der Waals surface area contributed by atoms with Crippen LogP contribution in [0.2, 0.25) is 0 Å². The number of fused-ring (bicyclic) bond motifs is 4. The van der Waals surface area contributed by atoms with Gasteiger partial charge in [0.15, 0.2) is 0 Å². The van der Waals surface area contributed by atoms with E-state index in [2.05, 4.69) is 46.5 Å². The molecule has 1 amide bonds. The Morgan fingerprint density at radius 2 is 2.00 bits per heavy atom. The van der Waals surface area contributed by atoms with Crippen LogP contribution in [0.4, 0.5) is 5.69 Å². The van der Waals surface area contributed by atoms with Crippen LogP contribution in [0.1, 0.15) is 91.8 Å². The van der Waals surface area contributed by atoms with Gasteiger partial charge in [-0.15, -0.1) is 0 Å². The second kappa shape index (κ2) is 13.7. The highest BCUT2D eigenvalue weighted by atomic mass is 32.2. The summed E-state index contributed by atoms with van der Waals surface area (Å²) < 4.78 is 31.6. The third kappa shape index (κ3) is 7.16. The zero-order valence-corrected chi connectivity index (χ0v) is 29.8. The van der Waals surface area contributed by atoms with Crippen LogP contribution in [0.25, 0.3) is 0 Å². The molecule has 0 N–H and O–H groups in total. The maximum absolute atomic E-state index is 14.4. The molecule has 7 nitrogen and oxygen atoms in total. The second-order valence-electron chi connectivity index (χ2n) is 15.6. The molecule has 8 heteroatoms. The van der Waals surface area contributed by atoms with Crippen LogP contribution in [0.15, 0.2) is 52.9 Å². The zero-order valence-electron chi connectivity index (χ0n) is 29.0. The summed E-state index contributed by atoms with van der Waals surface area (Å²) in [5.74, 6) is 1.72. The first-order valence-electron chi connectivity index (χ1n) is 18.2. The maximum atomic E-state index is 14.4. The standard InChI is InChI=1S/C40H52N2O5S/c1-27-9-17-35-30(20-27)7-5-19-40(35)25-42-22-32-13-16-34(32)37(46-3)8-4-6-28(2)23-48(45,24-33(43)15-12-29-10-11-29)41-39(44)31-14-18-38(47-26-40)36(42)21-31/h4,8-9,14,17-18,20-21,28-29,32,34,37H,5-7,10-13,15-16,19,22-26H2,1-3H3/b8-4+/t28-,32-,34+,37-,40-,48+/m0/s1. The number of ketones is 1. The van der Waals surface area contributed by atoms with Gasteiger partial charge in [0, 0.05) is 43.4 Å². The van der Waals surface area contributed by atoms with E-state index in [1.807, 2.05) is 19.1 Å². The van der Waals surface area contributed by atoms with Crippen LogP contribution >= 0.6 is 0 Å². The molecule has 7 rings (SSSR count). The maximum Gasteiger partial charge on any atom is 0.285 e. The summed E-state index contributed by atoms with van der Waals surface area (Å²) in [7, 11) is -1.30. The molecule has 2 saturated carbocycles. The van der Waals surface area contributed by atoms with Crippen molar-refractivity contribution in [3.8, 4) is 5.75 Å². The first-order valence-corrected chi connectivity index (χ1v) is 20.1. The second-order valence-corrected chi connectivity index (χ2v) is 18.0. The Labute approximate surface area is 287 Å². The molecular formula is C40H52N2O5S. The molecule has 2 aromatic rings. The lowest BCUT2D eigenvalue weighted by molar-refractivity contribution is -0.116. The number of Topliss-reactive ketones (excluding diaryl/α,β-unsaturated/α-hetero) is 1. The van der Waals surface area contributed by atoms with Crippen molar-refractivity contribution < 1.29 is 23.3 Å². The fourth-order valence-corrected chi connectivity index (χ4v) is 11.1. The molecule has 0 radical (unpaired) electrons. The molecule has 0 saturated heterocycles. The molecule has 0 unspecified atom stereocenters. The van der Waals surface area contributed by atoms with Gasteiger partial charge in [0.2, 0.25) is 0 Å². The van der Waals surface area contributed by atoms with Crippen molar-refractivity contribution >= 4 is 27.1 Å². The highest BCUT2D eigenvalue weighted by molar-refractivity contribution is 7.94. The van der Waals surface area contributed by atoms with E-state index in [4.69, 9.17) is 9.47 Å². The molecule has 5 aliphatic rings. The van der Waals surface area contributed by atoms with Crippen molar-refractivity contribution in [2.24, 2.45) is 28.0 Å². The van der Waals surface area contributed by atoms with Gasteiger partial charge < -0.3 is 14.4 Å². The predicted octanol–water partition coefficient (Wildman–Crippen LogP) is 7.47. The zero-order chi connectivity index (χ0) is 33.5. The monoisotopic (exact) mass is 672 g/mol. The number of allylic oxidation sites excluding steroid dienone is 1. The van der Waals surface area contributed by atoms with Gasteiger partial charge in [0.1, 0.15) is 11.5 Å². The summed E-state index contributed by atoms with van der Waals surface area (Å²) in [6, 6.07) is 12.4. The number of nitrogens with zero attached hydrogens (tertiary/aromatic N) is 2. The van der Waals surface area contributed by atoms with Crippen molar-refractivity contribution in [3.63, 3.8) is 0 Å². The molecule has 1 spiro atoms. The lowest BCUT2D eigenvalue weighted by Gasteiger charge is -2.46.